The van der Waals surface area contributed by atoms with Crippen LogP contribution in [0.1, 0.15) is 130 Å². The summed E-state index contributed by atoms with van der Waals surface area (Å²) in [6.07, 6.45) is 12.8. The lowest BCUT2D eigenvalue weighted by Crippen LogP contribution is -2.40. The maximum atomic E-state index is 12.9. The first-order valence-corrected chi connectivity index (χ1v) is 24.7. The smallest absolute Gasteiger partial charge is 0.245 e. The molecule has 2 aromatic carbocycles. The van der Waals surface area contributed by atoms with Gasteiger partial charge in [-0.2, -0.15) is 0 Å². The van der Waals surface area contributed by atoms with Crippen LogP contribution in [0.5, 0.6) is 0 Å². The zero-order chi connectivity index (χ0) is 46.5. The second-order valence-electron chi connectivity index (χ2n) is 19.5. The molecule has 0 bridgehead atoms. The van der Waals surface area contributed by atoms with Gasteiger partial charge in [0.05, 0.1) is 54.8 Å². The monoisotopic (exact) mass is 935 g/mol. The Balaban J connectivity index is 0.000000158. The van der Waals surface area contributed by atoms with Crippen molar-refractivity contribution in [2.45, 2.75) is 109 Å². The summed E-state index contributed by atoms with van der Waals surface area (Å²) in [6, 6.07) is 16.7. The lowest BCUT2D eigenvalue weighted by Gasteiger charge is -2.32. The Morgan fingerprint density at radius 2 is 1.06 bits per heavy atom. The average molecular weight is 935 g/mol. The van der Waals surface area contributed by atoms with Crippen LogP contribution in [0.4, 0.5) is 0 Å². The van der Waals surface area contributed by atoms with E-state index in [0.29, 0.717) is 37.5 Å². The molecule has 14 nitrogen and oxygen atoms in total. The van der Waals surface area contributed by atoms with E-state index in [9.17, 15) is 9.59 Å². The fourth-order valence-corrected chi connectivity index (χ4v) is 11.4. The number of hydrogen-bond donors (Lipinski definition) is 0. The first kappa shape index (κ1) is 46.9. The number of ether oxygens (including phenoxy) is 4. The van der Waals surface area contributed by atoms with Gasteiger partial charge in [0, 0.05) is 111 Å². The number of amides is 2. The average Bonchev–Trinajstić information content (AvgIpc) is 3.97. The van der Waals surface area contributed by atoms with E-state index in [1.807, 2.05) is 50.1 Å². The number of likely N-dealkylation sites (N-methyl/N-ethyl adjacent to an activating group) is 2. The third-order valence-corrected chi connectivity index (χ3v) is 15.3. The number of pyridine rings is 2. The van der Waals surface area contributed by atoms with Gasteiger partial charge in [0.25, 0.3) is 0 Å². The second-order valence-corrected chi connectivity index (χ2v) is 19.5. The Morgan fingerprint density at radius 1 is 0.580 bits per heavy atom. The van der Waals surface area contributed by atoms with Crippen molar-refractivity contribution in [1.29, 1.82) is 0 Å². The molecule has 10 heterocycles. The van der Waals surface area contributed by atoms with Gasteiger partial charge in [0.1, 0.15) is 23.7 Å². The number of carbonyl (C=O) groups is 2. The molecule has 2 amide bonds. The number of aromatic nitrogens is 6. The van der Waals surface area contributed by atoms with Crippen LogP contribution in [0.3, 0.4) is 0 Å². The summed E-state index contributed by atoms with van der Waals surface area (Å²) in [5.74, 6) is 3.42. The van der Waals surface area contributed by atoms with Crippen molar-refractivity contribution in [1.82, 2.24) is 38.9 Å². The summed E-state index contributed by atoms with van der Waals surface area (Å²) in [5, 5.41) is 4.55. The number of fused-ring (bicyclic) bond motifs is 4. The maximum Gasteiger partial charge on any atom is 0.245 e. The topological polar surface area (TPSA) is 139 Å². The van der Waals surface area contributed by atoms with Gasteiger partial charge < -0.3 is 37.9 Å². The highest BCUT2D eigenvalue weighted by Gasteiger charge is 2.38. The predicted octanol–water partition coefficient (Wildman–Crippen LogP) is 9.38. The van der Waals surface area contributed by atoms with Gasteiger partial charge in [-0.1, -0.05) is 49.9 Å². The van der Waals surface area contributed by atoms with Gasteiger partial charge in [-0.15, -0.1) is 0 Å². The van der Waals surface area contributed by atoms with Crippen LogP contribution >= 0.6 is 0 Å². The van der Waals surface area contributed by atoms with Crippen LogP contribution in [0.25, 0.3) is 49.6 Å². The molecule has 0 radical (unpaired) electrons. The van der Waals surface area contributed by atoms with E-state index in [-0.39, 0.29) is 31.3 Å². The fourth-order valence-electron chi connectivity index (χ4n) is 11.4. The van der Waals surface area contributed by atoms with Crippen LogP contribution in [0.15, 0.2) is 67.0 Å². The Labute approximate surface area is 405 Å². The standard InChI is InChI=1S/C27H32N4O3.C27H30N4O3.CH4/c2*1-17-27(32)30(2)16-24-25(29-26(31(17)24)19-8-12-34-13-9-19)21-5-3-4-20-14-23(28-15-22(20)21)18-6-10-33-11-7-18;/h3-5,14-15,17-19H,6-13,16H2,1-2H3;3-6,14-15,17,19H,7-13,16H2,1-2H3;1H4. The molecule has 0 spiro atoms. The minimum absolute atomic E-state index is 0. The molecule has 6 aliphatic heterocycles. The molecule has 14 heteroatoms. The number of benzene rings is 2. The molecular formula is C55H66N8O6. The lowest BCUT2D eigenvalue weighted by atomic mass is 9.94. The van der Waals surface area contributed by atoms with Crippen LogP contribution in [-0.2, 0) is 41.6 Å². The molecule has 12 rings (SSSR count). The van der Waals surface area contributed by atoms with Crippen LogP contribution in [-0.4, -0.2) is 118 Å². The SMILES string of the molecule is C.CC1C(=O)N(C)Cc2c(-c3cccc4cc(C5=CCOCC5)ncc34)nc(C3CCOCC3)n21.CC1C(=O)N(C)Cc2c(-c3cccc4cc(C5CCOCC5)ncc34)nc(C3CCOCC3)n21. The van der Waals surface area contributed by atoms with E-state index in [1.165, 1.54) is 11.0 Å². The van der Waals surface area contributed by atoms with Crippen molar-refractivity contribution in [3.63, 3.8) is 0 Å². The van der Waals surface area contributed by atoms with E-state index in [4.69, 9.17) is 38.9 Å². The molecule has 0 saturated carbocycles. The molecule has 6 aromatic rings. The summed E-state index contributed by atoms with van der Waals surface area (Å²) in [6.45, 7) is 11.1. The molecule has 2 unspecified atom stereocenters. The minimum Gasteiger partial charge on any atom is -0.381 e. The van der Waals surface area contributed by atoms with Crippen molar-refractivity contribution in [2.24, 2.45) is 0 Å². The van der Waals surface area contributed by atoms with Crippen LogP contribution in [0.2, 0.25) is 0 Å². The van der Waals surface area contributed by atoms with Gasteiger partial charge in [-0.3, -0.25) is 19.6 Å². The molecule has 3 saturated heterocycles. The third-order valence-electron chi connectivity index (χ3n) is 15.3. The van der Waals surface area contributed by atoms with Crippen molar-refractivity contribution >= 4 is 38.9 Å². The lowest BCUT2D eigenvalue weighted by molar-refractivity contribution is -0.136. The van der Waals surface area contributed by atoms with E-state index < -0.39 is 0 Å². The zero-order valence-corrected chi connectivity index (χ0v) is 39.8. The number of hydrogen-bond acceptors (Lipinski definition) is 10. The Hall–Kier alpha value is -5.80. The highest BCUT2D eigenvalue weighted by atomic mass is 16.5. The Kier molecular flexibility index (Phi) is 13.5. The van der Waals surface area contributed by atoms with Crippen molar-refractivity contribution in [3.05, 3.63) is 101 Å². The van der Waals surface area contributed by atoms with Crippen molar-refractivity contribution in [3.8, 4) is 22.5 Å². The highest BCUT2D eigenvalue weighted by molar-refractivity contribution is 5.98. The van der Waals surface area contributed by atoms with E-state index in [0.717, 1.165) is 164 Å². The molecule has 0 aliphatic carbocycles. The highest BCUT2D eigenvalue weighted by Crippen LogP contribution is 2.42. The molecule has 69 heavy (non-hydrogen) atoms. The first-order chi connectivity index (χ1) is 33.2. The predicted molar refractivity (Wildman–Crippen MR) is 267 cm³/mol. The Morgan fingerprint density at radius 3 is 1.55 bits per heavy atom. The molecular weight excluding hydrogens is 869 g/mol. The van der Waals surface area contributed by atoms with Gasteiger partial charge >= 0.3 is 0 Å². The van der Waals surface area contributed by atoms with E-state index >= 15 is 0 Å². The normalized spacial score (nSPS) is 21.7. The van der Waals surface area contributed by atoms with Crippen LogP contribution < -0.4 is 0 Å². The minimum atomic E-state index is -0.256. The zero-order valence-electron chi connectivity index (χ0n) is 39.8. The molecule has 3 fully saturated rings. The summed E-state index contributed by atoms with van der Waals surface area (Å²) in [4.78, 5) is 49.7. The number of rotatable bonds is 6. The maximum absolute atomic E-state index is 12.9. The van der Waals surface area contributed by atoms with Gasteiger partial charge in [-0.05, 0) is 87.3 Å². The summed E-state index contributed by atoms with van der Waals surface area (Å²) >= 11 is 0. The molecule has 362 valence electrons. The fraction of sp³-hybridized carbons (Fsp3) is 0.491. The van der Waals surface area contributed by atoms with Gasteiger partial charge in [0.15, 0.2) is 0 Å². The van der Waals surface area contributed by atoms with Gasteiger partial charge in [-0.25, -0.2) is 9.97 Å². The summed E-state index contributed by atoms with van der Waals surface area (Å²) < 4.78 is 26.7. The summed E-state index contributed by atoms with van der Waals surface area (Å²) in [5.41, 5.74) is 9.78. The first-order valence-electron chi connectivity index (χ1n) is 24.7. The van der Waals surface area contributed by atoms with Gasteiger partial charge in [0.2, 0.25) is 11.8 Å². The molecule has 0 N–H and O–H groups in total. The molecule has 2 atom stereocenters. The number of nitrogens with zero attached hydrogens (tertiary/aromatic N) is 8. The van der Waals surface area contributed by atoms with Crippen LogP contribution in [0, 0.1) is 0 Å². The summed E-state index contributed by atoms with van der Waals surface area (Å²) in [7, 11) is 3.77. The van der Waals surface area contributed by atoms with E-state index in [1.54, 1.807) is 0 Å². The Bertz CT molecular complexity index is 2900. The quantitative estimate of drug-likeness (QED) is 0.159. The largest absolute Gasteiger partial charge is 0.381 e. The molecule has 4 aromatic heterocycles. The third kappa shape index (κ3) is 8.78. The van der Waals surface area contributed by atoms with Crippen molar-refractivity contribution < 1.29 is 28.5 Å². The van der Waals surface area contributed by atoms with E-state index in [2.05, 4.69) is 63.7 Å². The number of imidazole rings is 2. The molecule has 6 aliphatic rings. The van der Waals surface area contributed by atoms with Crippen molar-refractivity contribution in [2.75, 3.05) is 67.0 Å². The second kappa shape index (κ2) is 19.9. The number of carbonyl (C=O) groups excluding carboxylic acids is 2.